The van der Waals surface area contributed by atoms with E-state index in [0.717, 1.165) is 0 Å². The molecule has 12 heavy (non-hydrogen) atoms. The molecular formula is C8H14ClNOS. The Morgan fingerprint density at radius 1 is 1.42 bits per heavy atom. The number of rotatable bonds is 1. The van der Waals surface area contributed by atoms with E-state index in [1.165, 1.54) is 0 Å². The van der Waals surface area contributed by atoms with Gasteiger partial charge in [-0.2, -0.15) is 0 Å². The summed E-state index contributed by atoms with van der Waals surface area (Å²) in [4.78, 5) is 11.0. The Morgan fingerprint density at radius 3 is 2.08 bits per heavy atom. The highest BCUT2D eigenvalue weighted by atomic mass is 35.5. The van der Waals surface area contributed by atoms with Gasteiger partial charge >= 0.3 is 0 Å². The van der Waals surface area contributed by atoms with Gasteiger partial charge in [0.25, 0.3) is 0 Å². The second-order valence-corrected chi connectivity index (χ2v) is 6.75. The minimum Gasteiger partial charge on any atom is -0.291 e. The first-order valence-electron chi connectivity index (χ1n) is 3.92. The first-order valence-corrected chi connectivity index (χ1v) is 5.11. The van der Waals surface area contributed by atoms with E-state index in [9.17, 15) is 4.79 Å². The SMILES string of the molecule is CC1(C)NC(C(=O)Cl)C(C)(C)S1. The summed E-state index contributed by atoms with van der Waals surface area (Å²) in [6.07, 6.45) is 0. The third-order valence-electron chi connectivity index (χ3n) is 1.93. The molecule has 0 aliphatic carbocycles. The van der Waals surface area contributed by atoms with Gasteiger partial charge < -0.3 is 0 Å². The highest BCUT2D eigenvalue weighted by Gasteiger charge is 2.47. The molecule has 1 heterocycles. The fourth-order valence-electron chi connectivity index (χ4n) is 1.60. The van der Waals surface area contributed by atoms with E-state index < -0.39 is 0 Å². The van der Waals surface area contributed by atoms with Crippen molar-refractivity contribution in [3.63, 3.8) is 0 Å². The van der Waals surface area contributed by atoms with Gasteiger partial charge in [0.15, 0.2) is 0 Å². The molecule has 0 aromatic carbocycles. The number of carbonyl (C=O) groups is 1. The predicted molar refractivity (Wildman–Crippen MR) is 53.5 cm³/mol. The lowest BCUT2D eigenvalue weighted by atomic mass is 10.0. The number of thioether (sulfide) groups is 1. The highest BCUT2D eigenvalue weighted by Crippen LogP contribution is 2.44. The Hall–Kier alpha value is 0.270. The predicted octanol–water partition coefficient (Wildman–Crippen LogP) is 1.97. The number of hydrogen-bond acceptors (Lipinski definition) is 3. The fraction of sp³-hybridized carbons (Fsp3) is 0.875. The van der Waals surface area contributed by atoms with E-state index in [0.29, 0.717) is 0 Å². The van der Waals surface area contributed by atoms with E-state index in [4.69, 9.17) is 11.6 Å². The molecule has 1 unspecified atom stereocenters. The van der Waals surface area contributed by atoms with Crippen LogP contribution < -0.4 is 5.32 Å². The molecule has 1 fully saturated rings. The Balaban J connectivity index is 2.85. The summed E-state index contributed by atoms with van der Waals surface area (Å²) in [6, 6.07) is -0.237. The van der Waals surface area contributed by atoms with Crippen molar-refractivity contribution in [1.82, 2.24) is 5.32 Å². The van der Waals surface area contributed by atoms with Crippen molar-refractivity contribution in [2.24, 2.45) is 0 Å². The fourth-order valence-corrected chi connectivity index (χ4v) is 3.77. The summed E-state index contributed by atoms with van der Waals surface area (Å²) < 4.78 is -0.109. The first kappa shape index (κ1) is 10.4. The van der Waals surface area contributed by atoms with Crippen molar-refractivity contribution in [2.75, 3.05) is 0 Å². The molecule has 1 aliphatic heterocycles. The summed E-state index contributed by atoms with van der Waals surface area (Å²) in [5.74, 6) is 0. The third-order valence-corrected chi connectivity index (χ3v) is 3.54. The van der Waals surface area contributed by atoms with E-state index in [-0.39, 0.29) is 20.9 Å². The molecule has 0 saturated carbocycles. The highest BCUT2D eigenvalue weighted by molar-refractivity contribution is 8.02. The molecule has 1 N–H and O–H groups in total. The van der Waals surface area contributed by atoms with Gasteiger partial charge in [0, 0.05) is 4.75 Å². The average molecular weight is 208 g/mol. The van der Waals surface area contributed by atoms with Crippen LogP contribution in [0.5, 0.6) is 0 Å². The molecule has 1 saturated heterocycles. The summed E-state index contributed by atoms with van der Waals surface area (Å²) in [5, 5.41) is 2.91. The van der Waals surface area contributed by atoms with E-state index >= 15 is 0 Å². The van der Waals surface area contributed by atoms with Crippen LogP contribution in [-0.2, 0) is 4.79 Å². The minimum atomic E-state index is -0.293. The van der Waals surface area contributed by atoms with Crippen LogP contribution in [-0.4, -0.2) is 20.9 Å². The van der Waals surface area contributed by atoms with Gasteiger partial charge in [0.1, 0.15) is 0 Å². The van der Waals surface area contributed by atoms with Crippen molar-refractivity contribution in [3.05, 3.63) is 0 Å². The van der Waals surface area contributed by atoms with Crippen LogP contribution in [0.4, 0.5) is 0 Å². The van der Waals surface area contributed by atoms with Crippen LogP contribution in [0.2, 0.25) is 0 Å². The van der Waals surface area contributed by atoms with Gasteiger partial charge in [0.05, 0.1) is 10.9 Å². The Labute approximate surface area is 82.4 Å². The molecular weight excluding hydrogens is 194 g/mol. The molecule has 0 spiro atoms. The Bertz CT molecular complexity index is 215. The van der Waals surface area contributed by atoms with Gasteiger partial charge in [-0.05, 0) is 39.3 Å². The largest absolute Gasteiger partial charge is 0.291 e. The van der Waals surface area contributed by atoms with Crippen LogP contribution >= 0.6 is 23.4 Å². The van der Waals surface area contributed by atoms with Crippen molar-refractivity contribution in [2.45, 2.75) is 43.4 Å². The maximum absolute atomic E-state index is 11.0. The molecule has 1 atom stereocenters. The minimum absolute atomic E-state index is 0.0568. The van der Waals surface area contributed by atoms with Gasteiger partial charge in [-0.3, -0.25) is 10.1 Å². The molecule has 4 heteroatoms. The molecule has 1 rings (SSSR count). The van der Waals surface area contributed by atoms with Crippen LogP contribution in [0.15, 0.2) is 0 Å². The van der Waals surface area contributed by atoms with Gasteiger partial charge in [-0.1, -0.05) is 0 Å². The molecule has 0 amide bonds. The summed E-state index contributed by atoms with van der Waals surface area (Å²) in [5.41, 5.74) is 0. The molecule has 70 valence electrons. The molecule has 1 aliphatic rings. The zero-order chi connectivity index (χ0) is 9.57. The third kappa shape index (κ3) is 1.95. The van der Waals surface area contributed by atoms with Crippen molar-refractivity contribution >= 4 is 28.6 Å². The van der Waals surface area contributed by atoms with Crippen molar-refractivity contribution < 1.29 is 4.79 Å². The van der Waals surface area contributed by atoms with E-state index in [1.54, 1.807) is 11.8 Å². The zero-order valence-electron chi connectivity index (χ0n) is 7.77. The monoisotopic (exact) mass is 207 g/mol. The first-order chi connectivity index (χ1) is 5.25. The lowest BCUT2D eigenvalue weighted by molar-refractivity contribution is -0.114. The average Bonchev–Trinajstić information content (AvgIpc) is 1.99. The van der Waals surface area contributed by atoms with Crippen LogP contribution in [0, 0.1) is 0 Å². The van der Waals surface area contributed by atoms with E-state index in [1.807, 2.05) is 13.8 Å². The summed E-state index contributed by atoms with van der Waals surface area (Å²) >= 11 is 7.23. The van der Waals surface area contributed by atoms with Crippen LogP contribution in [0.25, 0.3) is 0 Å². The Morgan fingerprint density at radius 2 is 1.92 bits per heavy atom. The second kappa shape index (κ2) is 2.89. The number of hydrogen-bond donors (Lipinski definition) is 1. The Kier molecular flexibility index (Phi) is 2.50. The number of carbonyl (C=O) groups excluding carboxylic acids is 1. The van der Waals surface area contributed by atoms with Crippen LogP contribution in [0.1, 0.15) is 27.7 Å². The molecule has 0 radical (unpaired) electrons. The van der Waals surface area contributed by atoms with E-state index in [2.05, 4.69) is 19.2 Å². The smallest absolute Gasteiger partial charge is 0.240 e. The standard InChI is InChI=1S/C8H14ClNOS/c1-7(2)5(6(9)11)10-8(3,4)12-7/h5,10H,1-4H3. The maximum atomic E-state index is 11.0. The second-order valence-electron chi connectivity index (χ2n) is 4.10. The quantitative estimate of drug-likeness (QED) is 0.667. The van der Waals surface area contributed by atoms with Crippen LogP contribution in [0.3, 0.4) is 0 Å². The number of halogens is 1. The van der Waals surface area contributed by atoms with Gasteiger partial charge in [-0.25, -0.2) is 0 Å². The lowest BCUT2D eigenvalue weighted by Gasteiger charge is -2.21. The summed E-state index contributed by atoms with van der Waals surface area (Å²) in [7, 11) is 0. The van der Waals surface area contributed by atoms with Crippen molar-refractivity contribution in [1.29, 1.82) is 0 Å². The number of nitrogens with one attached hydrogen (secondary N) is 1. The molecule has 0 aromatic rings. The van der Waals surface area contributed by atoms with Crippen molar-refractivity contribution in [3.8, 4) is 0 Å². The van der Waals surface area contributed by atoms with Gasteiger partial charge in [-0.15, -0.1) is 11.8 Å². The normalized spacial score (nSPS) is 31.9. The topological polar surface area (TPSA) is 29.1 Å². The lowest BCUT2D eigenvalue weighted by Crippen LogP contribution is -2.45. The molecule has 2 nitrogen and oxygen atoms in total. The van der Waals surface area contributed by atoms with Gasteiger partial charge in [0.2, 0.25) is 5.24 Å². The molecule has 0 aromatic heterocycles. The molecule has 0 bridgehead atoms. The summed E-state index contributed by atoms with van der Waals surface area (Å²) in [6.45, 7) is 8.17. The zero-order valence-corrected chi connectivity index (χ0v) is 9.34. The maximum Gasteiger partial charge on any atom is 0.240 e.